The first kappa shape index (κ1) is 18.0. The molecule has 0 aliphatic carbocycles. The lowest BCUT2D eigenvalue weighted by Crippen LogP contribution is -2.44. The molecule has 0 aromatic heterocycles. The van der Waals surface area contributed by atoms with Gasteiger partial charge in [0.25, 0.3) is 5.91 Å². The van der Waals surface area contributed by atoms with Crippen molar-refractivity contribution in [2.45, 2.75) is 12.8 Å². The number of nitrogens with zero attached hydrogens (tertiary/aromatic N) is 2. The maximum absolute atomic E-state index is 12.1. The van der Waals surface area contributed by atoms with Crippen LogP contribution in [-0.4, -0.2) is 63.2 Å². The fourth-order valence-corrected chi connectivity index (χ4v) is 3.60. The second-order valence-corrected chi connectivity index (χ2v) is 7.15. The van der Waals surface area contributed by atoms with E-state index in [1.54, 1.807) is 31.3 Å². The Balaban J connectivity index is 1.41. The molecule has 2 saturated heterocycles. The third-order valence-corrected chi connectivity index (χ3v) is 5.19. The van der Waals surface area contributed by atoms with Gasteiger partial charge in [-0.2, -0.15) is 0 Å². The highest BCUT2D eigenvalue weighted by Crippen LogP contribution is 2.38. The van der Waals surface area contributed by atoms with Crippen molar-refractivity contribution < 1.29 is 9.53 Å². The van der Waals surface area contributed by atoms with Crippen molar-refractivity contribution in [3.05, 3.63) is 34.9 Å². The highest BCUT2D eigenvalue weighted by Gasteiger charge is 2.42. The van der Waals surface area contributed by atoms with Crippen molar-refractivity contribution in [2.24, 2.45) is 10.4 Å². The summed E-state index contributed by atoms with van der Waals surface area (Å²) in [6.45, 7) is 4.88. The van der Waals surface area contributed by atoms with Gasteiger partial charge in [-0.1, -0.05) is 11.6 Å². The number of ether oxygens (including phenoxy) is 1. The van der Waals surface area contributed by atoms with Gasteiger partial charge in [0.2, 0.25) is 0 Å². The first-order valence-corrected chi connectivity index (χ1v) is 9.07. The Morgan fingerprint density at radius 1 is 1.28 bits per heavy atom. The van der Waals surface area contributed by atoms with E-state index in [-0.39, 0.29) is 5.91 Å². The van der Waals surface area contributed by atoms with Crippen molar-refractivity contribution in [3.63, 3.8) is 0 Å². The molecular weight excluding hydrogens is 340 g/mol. The summed E-state index contributed by atoms with van der Waals surface area (Å²) in [5.41, 5.74) is 0.914. The normalized spacial score (nSPS) is 23.3. The van der Waals surface area contributed by atoms with E-state index in [4.69, 9.17) is 16.3 Å². The van der Waals surface area contributed by atoms with Crippen LogP contribution in [0.25, 0.3) is 0 Å². The van der Waals surface area contributed by atoms with Gasteiger partial charge in [-0.25, -0.2) is 0 Å². The quantitative estimate of drug-likeness (QED) is 0.485. The van der Waals surface area contributed by atoms with Crippen molar-refractivity contribution in [1.82, 2.24) is 15.5 Å². The largest absolute Gasteiger partial charge is 0.381 e. The third-order valence-electron chi connectivity index (χ3n) is 4.93. The molecule has 3 rings (SSSR count). The van der Waals surface area contributed by atoms with E-state index in [9.17, 15) is 4.79 Å². The first-order chi connectivity index (χ1) is 12.1. The van der Waals surface area contributed by atoms with Crippen molar-refractivity contribution in [3.8, 4) is 0 Å². The van der Waals surface area contributed by atoms with E-state index in [0.29, 0.717) is 29.1 Å². The zero-order valence-corrected chi connectivity index (χ0v) is 15.3. The molecule has 2 aliphatic rings. The smallest absolute Gasteiger partial charge is 0.251 e. The topological polar surface area (TPSA) is 66.0 Å². The lowest BCUT2D eigenvalue weighted by molar-refractivity contribution is 0.0954. The number of rotatable bonds is 4. The van der Waals surface area contributed by atoms with Gasteiger partial charge in [-0.05, 0) is 37.1 Å². The van der Waals surface area contributed by atoms with E-state index < -0.39 is 0 Å². The molecule has 25 heavy (non-hydrogen) atoms. The Kier molecular flexibility index (Phi) is 5.81. The lowest BCUT2D eigenvalue weighted by atomic mass is 9.87. The zero-order chi connectivity index (χ0) is 17.7. The van der Waals surface area contributed by atoms with Crippen LogP contribution in [-0.2, 0) is 4.74 Å². The fourth-order valence-electron chi connectivity index (χ4n) is 3.47. The Bertz CT molecular complexity index is 626. The number of carbonyl (C=O) groups excluding carboxylic acids is 1. The molecule has 2 aliphatic heterocycles. The number of hydrogen-bond donors (Lipinski definition) is 2. The Labute approximate surface area is 153 Å². The molecule has 2 N–H and O–H groups in total. The van der Waals surface area contributed by atoms with Gasteiger partial charge in [0.1, 0.15) is 0 Å². The molecule has 0 saturated carbocycles. The molecule has 1 atom stereocenters. The number of likely N-dealkylation sites (tertiary alicyclic amines) is 1. The van der Waals surface area contributed by atoms with Crippen LogP contribution in [0.5, 0.6) is 0 Å². The molecule has 0 bridgehead atoms. The average Bonchev–Trinajstić information content (AvgIpc) is 3.25. The van der Waals surface area contributed by atoms with Crippen molar-refractivity contribution in [2.75, 3.05) is 46.4 Å². The van der Waals surface area contributed by atoms with Crippen molar-refractivity contribution >= 4 is 23.5 Å². The lowest BCUT2D eigenvalue weighted by Gasteiger charge is -2.25. The van der Waals surface area contributed by atoms with Crippen molar-refractivity contribution in [1.29, 1.82) is 0 Å². The molecule has 1 aromatic carbocycles. The number of carbonyl (C=O) groups is 1. The van der Waals surface area contributed by atoms with Crippen LogP contribution in [0.4, 0.5) is 0 Å². The van der Waals surface area contributed by atoms with Crippen LogP contribution in [0.15, 0.2) is 29.3 Å². The molecular formula is C18H25ClN4O2. The zero-order valence-electron chi connectivity index (χ0n) is 14.6. The molecule has 2 heterocycles. The molecule has 6 nitrogen and oxygen atoms in total. The number of amides is 1. The molecule has 136 valence electrons. The summed E-state index contributed by atoms with van der Waals surface area (Å²) in [5, 5.41) is 6.86. The monoisotopic (exact) mass is 364 g/mol. The minimum atomic E-state index is -0.100. The van der Waals surface area contributed by atoms with Gasteiger partial charge in [-0.15, -0.1) is 0 Å². The SMILES string of the molecule is CN=C(NCCNC(=O)c1ccc(Cl)cc1)N1CCC2(CCOC2)C1. The van der Waals surface area contributed by atoms with Crippen LogP contribution < -0.4 is 10.6 Å². The number of hydrogen-bond acceptors (Lipinski definition) is 3. The number of benzene rings is 1. The summed E-state index contributed by atoms with van der Waals surface area (Å²) in [7, 11) is 1.80. The van der Waals surface area contributed by atoms with Crippen LogP contribution in [0, 0.1) is 5.41 Å². The molecule has 1 spiro atoms. The summed E-state index contributed by atoms with van der Waals surface area (Å²) >= 11 is 5.83. The van der Waals surface area contributed by atoms with E-state index in [0.717, 1.165) is 45.1 Å². The van der Waals surface area contributed by atoms with Gasteiger partial charge in [-0.3, -0.25) is 9.79 Å². The summed E-state index contributed by atoms with van der Waals surface area (Å²) in [6.07, 6.45) is 2.29. The molecule has 2 fully saturated rings. The minimum absolute atomic E-state index is 0.100. The summed E-state index contributed by atoms with van der Waals surface area (Å²) in [6, 6.07) is 6.87. The Morgan fingerprint density at radius 2 is 2.04 bits per heavy atom. The summed E-state index contributed by atoms with van der Waals surface area (Å²) in [4.78, 5) is 18.7. The number of nitrogens with one attached hydrogen (secondary N) is 2. The maximum atomic E-state index is 12.1. The Morgan fingerprint density at radius 3 is 2.72 bits per heavy atom. The van der Waals surface area contributed by atoms with Crippen LogP contribution in [0.2, 0.25) is 5.02 Å². The summed E-state index contributed by atoms with van der Waals surface area (Å²) < 4.78 is 5.58. The maximum Gasteiger partial charge on any atom is 0.251 e. The third kappa shape index (κ3) is 4.44. The average molecular weight is 365 g/mol. The van der Waals surface area contributed by atoms with Gasteiger partial charge < -0.3 is 20.3 Å². The number of halogens is 1. The molecule has 7 heteroatoms. The number of aliphatic imine (C=N–C) groups is 1. The molecule has 1 aromatic rings. The van der Waals surface area contributed by atoms with E-state index >= 15 is 0 Å². The fraction of sp³-hybridized carbons (Fsp3) is 0.556. The second kappa shape index (κ2) is 8.06. The Hall–Kier alpha value is -1.79. The van der Waals surface area contributed by atoms with E-state index in [1.807, 2.05) is 0 Å². The minimum Gasteiger partial charge on any atom is -0.381 e. The molecule has 1 unspecified atom stereocenters. The van der Waals surface area contributed by atoms with Gasteiger partial charge in [0.15, 0.2) is 5.96 Å². The van der Waals surface area contributed by atoms with E-state index in [1.165, 1.54) is 0 Å². The standard InChI is InChI=1S/C18H25ClN4O2/c1-20-17(23-10-6-18(12-23)7-11-25-13-18)22-9-8-21-16(24)14-2-4-15(19)5-3-14/h2-5H,6-13H2,1H3,(H,20,22)(H,21,24). The highest BCUT2D eigenvalue weighted by atomic mass is 35.5. The highest BCUT2D eigenvalue weighted by molar-refractivity contribution is 6.30. The number of guanidine groups is 1. The molecule has 1 amide bonds. The predicted molar refractivity (Wildman–Crippen MR) is 99.2 cm³/mol. The molecule has 0 radical (unpaired) electrons. The van der Waals surface area contributed by atoms with Gasteiger partial charge in [0.05, 0.1) is 6.61 Å². The van der Waals surface area contributed by atoms with Gasteiger partial charge >= 0.3 is 0 Å². The predicted octanol–water partition coefficient (Wildman–Crippen LogP) is 1.76. The van der Waals surface area contributed by atoms with Crippen LogP contribution in [0.1, 0.15) is 23.2 Å². The van der Waals surface area contributed by atoms with Crippen LogP contribution >= 0.6 is 11.6 Å². The summed E-state index contributed by atoms with van der Waals surface area (Å²) in [5.74, 6) is 0.793. The van der Waals surface area contributed by atoms with Crippen LogP contribution in [0.3, 0.4) is 0 Å². The second-order valence-electron chi connectivity index (χ2n) is 6.71. The van der Waals surface area contributed by atoms with Gasteiger partial charge in [0, 0.05) is 55.8 Å². The van der Waals surface area contributed by atoms with E-state index in [2.05, 4.69) is 20.5 Å². The first-order valence-electron chi connectivity index (χ1n) is 8.69.